The third kappa shape index (κ3) is 4.21. The molecule has 1 heterocycles. The predicted molar refractivity (Wildman–Crippen MR) is 91.0 cm³/mol. The Labute approximate surface area is 142 Å². The Morgan fingerprint density at radius 1 is 1.17 bits per heavy atom. The van der Waals surface area contributed by atoms with E-state index in [0.717, 1.165) is 5.56 Å². The zero-order valence-electron chi connectivity index (χ0n) is 14.3. The van der Waals surface area contributed by atoms with Gasteiger partial charge in [0.1, 0.15) is 10.6 Å². The van der Waals surface area contributed by atoms with Crippen molar-refractivity contribution >= 4 is 10.0 Å². The van der Waals surface area contributed by atoms with Gasteiger partial charge in [0, 0.05) is 32.0 Å². The Morgan fingerprint density at radius 3 is 2.33 bits per heavy atom. The molecule has 2 rings (SSSR count). The van der Waals surface area contributed by atoms with Crippen molar-refractivity contribution in [2.75, 3.05) is 20.8 Å². The highest BCUT2D eigenvalue weighted by molar-refractivity contribution is 7.89. The van der Waals surface area contributed by atoms with Crippen molar-refractivity contribution in [1.82, 2.24) is 14.5 Å². The molecule has 1 aromatic carbocycles. The van der Waals surface area contributed by atoms with Gasteiger partial charge in [-0.3, -0.25) is 4.68 Å². The highest BCUT2D eigenvalue weighted by atomic mass is 32.2. The van der Waals surface area contributed by atoms with Crippen LogP contribution in [0.2, 0.25) is 0 Å². The first-order valence-corrected chi connectivity index (χ1v) is 9.07. The molecule has 24 heavy (non-hydrogen) atoms. The summed E-state index contributed by atoms with van der Waals surface area (Å²) in [5, 5.41) is 4.45. The minimum Gasteiger partial charge on any atom is -0.355 e. The maximum atomic E-state index is 12.7. The fourth-order valence-corrected chi connectivity index (χ4v) is 3.32. The number of hydrogen-bond donors (Lipinski definition) is 1. The van der Waals surface area contributed by atoms with Gasteiger partial charge in [-0.15, -0.1) is 0 Å². The Bertz CT molecular complexity index is 753. The molecular formula is C16H23N3O4S. The van der Waals surface area contributed by atoms with Crippen LogP contribution in [0.4, 0.5) is 0 Å². The molecule has 132 valence electrons. The predicted octanol–water partition coefficient (Wildman–Crippen LogP) is 2.03. The molecule has 0 fully saturated rings. The Hall–Kier alpha value is -1.74. The van der Waals surface area contributed by atoms with Crippen LogP contribution in [-0.4, -0.2) is 45.3 Å². The van der Waals surface area contributed by atoms with E-state index in [2.05, 4.69) is 9.82 Å². The minimum absolute atomic E-state index is 0.0103. The second kappa shape index (κ2) is 7.89. The molecule has 0 aliphatic rings. The molecule has 0 spiro atoms. The summed E-state index contributed by atoms with van der Waals surface area (Å²) in [7, 11) is -0.854. The van der Waals surface area contributed by atoms with Crippen LogP contribution in [0.15, 0.2) is 41.4 Å². The third-order valence-corrected chi connectivity index (χ3v) is 4.95. The molecule has 7 nitrogen and oxygen atoms in total. The number of methoxy groups -OCH3 is 2. The van der Waals surface area contributed by atoms with Gasteiger partial charge >= 0.3 is 0 Å². The van der Waals surface area contributed by atoms with Gasteiger partial charge in [-0.2, -0.15) is 5.10 Å². The first kappa shape index (κ1) is 18.6. The van der Waals surface area contributed by atoms with E-state index in [1.54, 1.807) is 10.9 Å². The first-order valence-electron chi connectivity index (χ1n) is 7.59. The van der Waals surface area contributed by atoms with E-state index in [9.17, 15) is 8.42 Å². The van der Waals surface area contributed by atoms with Crippen LogP contribution in [0.25, 0.3) is 11.3 Å². The first-order chi connectivity index (χ1) is 11.4. The molecule has 0 radical (unpaired) electrons. The second-order valence-electron chi connectivity index (χ2n) is 5.53. The molecule has 1 N–H and O–H groups in total. The van der Waals surface area contributed by atoms with Gasteiger partial charge in [-0.05, 0) is 13.8 Å². The Morgan fingerprint density at radius 2 is 1.79 bits per heavy atom. The molecule has 0 bridgehead atoms. The maximum absolute atomic E-state index is 12.7. The molecule has 0 amide bonds. The number of nitrogens with zero attached hydrogens (tertiary/aromatic N) is 2. The number of hydrogen-bond acceptors (Lipinski definition) is 5. The summed E-state index contributed by atoms with van der Waals surface area (Å²) in [6, 6.07) is 9.27. The zero-order valence-corrected chi connectivity index (χ0v) is 15.1. The van der Waals surface area contributed by atoms with Crippen LogP contribution in [0.1, 0.15) is 19.9 Å². The summed E-state index contributed by atoms with van der Waals surface area (Å²) in [5.74, 6) is 0. The summed E-state index contributed by atoms with van der Waals surface area (Å²) in [4.78, 5) is 0.133. The monoisotopic (exact) mass is 353 g/mol. The van der Waals surface area contributed by atoms with Crippen molar-refractivity contribution in [3.63, 3.8) is 0 Å². The number of benzene rings is 1. The summed E-state index contributed by atoms with van der Waals surface area (Å²) in [6.45, 7) is 3.89. The van der Waals surface area contributed by atoms with Gasteiger partial charge in [0.15, 0.2) is 6.29 Å². The van der Waals surface area contributed by atoms with Crippen LogP contribution < -0.4 is 4.72 Å². The van der Waals surface area contributed by atoms with Crippen LogP contribution in [0.3, 0.4) is 0 Å². The molecule has 8 heteroatoms. The van der Waals surface area contributed by atoms with E-state index >= 15 is 0 Å². The van der Waals surface area contributed by atoms with Gasteiger partial charge in [-0.1, -0.05) is 30.3 Å². The smallest absolute Gasteiger partial charge is 0.244 e. The standard InChI is InChI=1S/C16H23N3O4S/c1-12(2)19-11-14(16(18-19)13-8-6-5-7-9-13)24(20,21)17-10-15(22-3)23-4/h5-9,11-12,15,17H,10H2,1-4H3. The van der Waals surface area contributed by atoms with Crippen molar-refractivity contribution in [3.8, 4) is 11.3 Å². The number of sulfonamides is 1. The number of ether oxygens (including phenoxy) is 2. The van der Waals surface area contributed by atoms with Crippen molar-refractivity contribution < 1.29 is 17.9 Å². The van der Waals surface area contributed by atoms with Gasteiger partial charge < -0.3 is 9.47 Å². The van der Waals surface area contributed by atoms with Crippen molar-refractivity contribution in [3.05, 3.63) is 36.5 Å². The molecule has 0 saturated carbocycles. The maximum Gasteiger partial charge on any atom is 0.244 e. The second-order valence-corrected chi connectivity index (χ2v) is 7.27. The lowest BCUT2D eigenvalue weighted by atomic mass is 10.2. The largest absolute Gasteiger partial charge is 0.355 e. The van der Waals surface area contributed by atoms with E-state index in [1.165, 1.54) is 14.2 Å². The molecular weight excluding hydrogens is 330 g/mol. The van der Waals surface area contributed by atoms with Crippen LogP contribution >= 0.6 is 0 Å². The fourth-order valence-electron chi connectivity index (χ4n) is 2.15. The van der Waals surface area contributed by atoms with E-state index in [4.69, 9.17) is 9.47 Å². The third-order valence-electron chi connectivity index (χ3n) is 3.53. The molecule has 0 atom stereocenters. The normalized spacial score (nSPS) is 12.2. The number of rotatable bonds is 8. The fraction of sp³-hybridized carbons (Fsp3) is 0.438. The summed E-state index contributed by atoms with van der Waals surface area (Å²) in [6.07, 6.45) is 0.893. The molecule has 0 aliphatic carbocycles. The van der Waals surface area contributed by atoms with Crippen LogP contribution in [0.5, 0.6) is 0 Å². The van der Waals surface area contributed by atoms with E-state index < -0.39 is 16.3 Å². The van der Waals surface area contributed by atoms with Crippen molar-refractivity contribution in [2.24, 2.45) is 0 Å². The molecule has 1 aromatic heterocycles. The molecule has 0 unspecified atom stereocenters. The Kier molecular flexibility index (Phi) is 6.11. The van der Waals surface area contributed by atoms with Crippen LogP contribution in [-0.2, 0) is 19.5 Å². The van der Waals surface area contributed by atoms with Gasteiger partial charge in [-0.25, -0.2) is 13.1 Å². The summed E-state index contributed by atoms with van der Waals surface area (Å²) in [5.41, 5.74) is 1.16. The van der Waals surface area contributed by atoms with Crippen molar-refractivity contribution in [1.29, 1.82) is 0 Å². The van der Waals surface area contributed by atoms with E-state index in [-0.39, 0.29) is 17.5 Å². The average Bonchev–Trinajstić information content (AvgIpc) is 3.03. The Balaban J connectivity index is 2.41. The SMILES string of the molecule is COC(CNS(=O)(=O)c1cn(C(C)C)nc1-c1ccccc1)OC. The highest BCUT2D eigenvalue weighted by Gasteiger charge is 2.25. The van der Waals surface area contributed by atoms with E-state index in [0.29, 0.717) is 5.69 Å². The topological polar surface area (TPSA) is 82.5 Å². The highest BCUT2D eigenvalue weighted by Crippen LogP contribution is 2.27. The van der Waals surface area contributed by atoms with Gasteiger partial charge in [0.2, 0.25) is 10.0 Å². The number of aromatic nitrogens is 2. The van der Waals surface area contributed by atoms with E-state index in [1.807, 2.05) is 44.2 Å². The molecule has 0 aliphatic heterocycles. The number of nitrogens with one attached hydrogen (secondary N) is 1. The van der Waals surface area contributed by atoms with Gasteiger partial charge in [0.05, 0.1) is 6.54 Å². The lowest BCUT2D eigenvalue weighted by Crippen LogP contribution is -2.34. The lowest BCUT2D eigenvalue weighted by molar-refractivity contribution is -0.0960. The minimum atomic E-state index is -3.76. The zero-order chi connectivity index (χ0) is 17.7. The molecule has 2 aromatic rings. The summed E-state index contributed by atoms with van der Waals surface area (Å²) < 4.78 is 39.6. The van der Waals surface area contributed by atoms with Crippen LogP contribution in [0, 0.1) is 0 Å². The lowest BCUT2D eigenvalue weighted by Gasteiger charge is -2.14. The summed E-state index contributed by atoms with van der Waals surface area (Å²) >= 11 is 0. The van der Waals surface area contributed by atoms with Gasteiger partial charge in [0.25, 0.3) is 0 Å². The quantitative estimate of drug-likeness (QED) is 0.734. The van der Waals surface area contributed by atoms with Crippen molar-refractivity contribution in [2.45, 2.75) is 31.1 Å². The average molecular weight is 353 g/mol. The molecule has 0 saturated heterocycles.